The second-order valence-corrected chi connectivity index (χ2v) is 1.68. The van der Waals surface area contributed by atoms with Crippen molar-refractivity contribution in [3.63, 3.8) is 0 Å². The minimum absolute atomic E-state index is 0. The molecule has 0 aliphatic carbocycles. The zero-order valence-electron chi connectivity index (χ0n) is 7.77. The normalized spacial score (nSPS) is 5.12. The number of guanidine groups is 1. The maximum absolute atomic E-state index is 8.52. The average molecular weight is 290 g/mol. The maximum atomic E-state index is 8.52. The van der Waals surface area contributed by atoms with Crippen molar-refractivity contribution in [1.82, 2.24) is 0 Å². The standard InChI is InChI=1S/CH5N3.Al.H2O4S.6H2O/c2-1(3)4;;1-5(2,3)4;;;;;;/h(H5,2,3,4);;(H2,1,2,3,4);6*1H2/q;+3;;;;;;;/p-2. The summed E-state index contributed by atoms with van der Waals surface area (Å²) in [6.45, 7) is 0. The van der Waals surface area contributed by atoms with Gasteiger partial charge in [0.1, 0.15) is 0 Å². The van der Waals surface area contributed by atoms with Crippen LogP contribution in [0.2, 0.25) is 0 Å². The molecule has 0 heterocycles. The van der Waals surface area contributed by atoms with Gasteiger partial charge in [0.25, 0.3) is 0 Å². The van der Waals surface area contributed by atoms with Gasteiger partial charge >= 0.3 is 17.4 Å². The van der Waals surface area contributed by atoms with Crippen LogP contribution in [0.5, 0.6) is 0 Å². The summed E-state index contributed by atoms with van der Waals surface area (Å²) in [6, 6.07) is 0. The van der Waals surface area contributed by atoms with E-state index in [0.717, 1.165) is 0 Å². The van der Waals surface area contributed by atoms with E-state index in [-0.39, 0.29) is 56.2 Å². The first-order valence-corrected chi connectivity index (χ1v) is 2.83. The topological polar surface area (TPSA) is 345 Å². The fraction of sp³-hybridized carbons (Fsp3) is 0. The fourth-order valence-corrected chi connectivity index (χ4v) is 0. The van der Waals surface area contributed by atoms with Gasteiger partial charge < -0.3 is 53.4 Å². The Labute approximate surface area is 102 Å². The Balaban J connectivity index is -0.00000000614. The molecule has 0 fully saturated rings. The Morgan fingerprint density at radius 2 is 0.875 bits per heavy atom. The molecule has 0 aliphatic heterocycles. The molecule has 0 amide bonds. The molecule has 0 saturated heterocycles. The van der Waals surface area contributed by atoms with Crippen molar-refractivity contribution in [2.75, 3.05) is 0 Å². The smallest absolute Gasteiger partial charge is 0.759 e. The Bertz CT molecular complexity index is 169. The molecule has 0 bridgehead atoms. The Hall–Kier alpha value is -0.568. The van der Waals surface area contributed by atoms with E-state index in [0.29, 0.717) is 0 Å². The monoisotopic (exact) mass is 290 g/mol. The fourth-order valence-electron chi connectivity index (χ4n) is 0. The molecule has 0 atom stereocenters. The van der Waals surface area contributed by atoms with E-state index in [2.05, 4.69) is 11.5 Å². The summed E-state index contributed by atoms with van der Waals surface area (Å²) in [5, 5.41) is 6.06. The molecule has 0 rings (SSSR count). The van der Waals surface area contributed by atoms with E-state index in [4.69, 9.17) is 22.9 Å². The van der Waals surface area contributed by atoms with Gasteiger partial charge in [-0.25, -0.2) is 0 Å². The van der Waals surface area contributed by atoms with E-state index in [9.17, 15) is 0 Å². The zero-order chi connectivity index (χ0) is 8.08. The summed E-state index contributed by atoms with van der Waals surface area (Å²) in [5.74, 6) is -0.333. The minimum atomic E-state index is -5.17. The second kappa shape index (κ2) is 36.6. The number of hydrogen-bond acceptors (Lipinski definition) is 5. The van der Waals surface area contributed by atoms with E-state index in [1.807, 2.05) is 0 Å². The van der Waals surface area contributed by atoms with E-state index < -0.39 is 10.4 Å². The molecule has 15 heteroatoms. The third-order valence-corrected chi connectivity index (χ3v) is 0. The molecule has 13 nitrogen and oxygen atoms in total. The van der Waals surface area contributed by atoms with Gasteiger partial charge in [0, 0.05) is 10.4 Å². The van der Waals surface area contributed by atoms with Gasteiger partial charge in [-0.2, -0.15) is 0 Å². The summed E-state index contributed by atoms with van der Waals surface area (Å²) < 4.78 is 34.1. The molecule has 0 aromatic rings. The molecule has 16 heavy (non-hydrogen) atoms. The van der Waals surface area contributed by atoms with Crippen LogP contribution in [0.1, 0.15) is 0 Å². The van der Waals surface area contributed by atoms with Gasteiger partial charge in [-0.15, -0.1) is 0 Å². The van der Waals surface area contributed by atoms with Gasteiger partial charge in [0.2, 0.25) is 0 Å². The molecule has 0 aliphatic rings. The van der Waals surface area contributed by atoms with Gasteiger partial charge in [0.05, 0.1) is 0 Å². The third-order valence-electron chi connectivity index (χ3n) is 0. The van der Waals surface area contributed by atoms with E-state index >= 15 is 0 Å². The Kier molecular flexibility index (Phi) is 178. The summed E-state index contributed by atoms with van der Waals surface area (Å²) in [4.78, 5) is 0. The van der Waals surface area contributed by atoms with Gasteiger partial charge in [-0.05, 0) is 0 Å². The van der Waals surface area contributed by atoms with Crippen LogP contribution in [-0.2, 0) is 10.4 Å². The number of nitrogens with two attached hydrogens (primary N) is 2. The van der Waals surface area contributed by atoms with Crippen LogP contribution in [0.15, 0.2) is 0 Å². The quantitative estimate of drug-likeness (QED) is 0.127. The second-order valence-electron chi connectivity index (χ2n) is 0.864. The first-order chi connectivity index (χ1) is 3.73. The molecular formula is CH17AlN3O10S+. The molecule has 0 unspecified atom stereocenters. The van der Waals surface area contributed by atoms with Gasteiger partial charge in [0.15, 0.2) is 5.96 Å². The van der Waals surface area contributed by atoms with Crippen molar-refractivity contribution >= 4 is 33.7 Å². The maximum Gasteiger partial charge on any atom is 3.00 e. The van der Waals surface area contributed by atoms with Crippen molar-refractivity contribution < 1.29 is 50.4 Å². The summed E-state index contributed by atoms with van der Waals surface area (Å²) in [6.07, 6.45) is 0. The minimum Gasteiger partial charge on any atom is -0.759 e. The Morgan fingerprint density at radius 1 is 0.875 bits per heavy atom. The van der Waals surface area contributed by atoms with Gasteiger partial charge in [-0.1, -0.05) is 0 Å². The predicted molar refractivity (Wildman–Crippen MR) is 54.0 cm³/mol. The van der Waals surface area contributed by atoms with Crippen LogP contribution in [0, 0.1) is 5.41 Å². The summed E-state index contributed by atoms with van der Waals surface area (Å²) in [7, 11) is -5.17. The van der Waals surface area contributed by atoms with Crippen LogP contribution < -0.4 is 11.5 Å². The van der Waals surface area contributed by atoms with Crippen molar-refractivity contribution in [2.45, 2.75) is 0 Å². The van der Waals surface area contributed by atoms with Crippen LogP contribution in [0.25, 0.3) is 0 Å². The van der Waals surface area contributed by atoms with Crippen LogP contribution in [0.4, 0.5) is 0 Å². The first-order valence-electron chi connectivity index (χ1n) is 1.49. The molecule has 0 radical (unpaired) electrons. The van der Waals surface area contributed by atoms with Crippen LogP contribution >= 0.6 is 0 Å². The molecule has 17 N–H and O–H groups in total. The van der Waals surface area contributed by atoms with Crippen molar-refractivity contribution in [1.29, 1.82) is 5.41 Å². The third kappa shape index (κ3) is 6450. The zero-order valence-corrected chi connectivity index (χ0v) is 9.74. The average Bonchev–Trinajstić information content (AvgIpc) is 1.19. The van der Waals surface area contributed by atoms with Crippen LogP contribution in [-0.4, -0.2) is 73.7 Å². The van der Waals surface area contributed by atoms with Crippen molar-refractivity contribution in [3.8, 4) is 0 Å². The molecule has 0 aromatic carbocycles. The Morgan fingerprint density at radius 3 is 0.875 bits per heavy atom. The molecule has 0 aromatic heterocycles. The van der Waals surface area contributed by atoms with Crippen LogP contribution in [0.3, 0.4) is 0 Å². The van der Waals surface area contributed by atoms with Gasteiger partial charge in [-0.3, -0.25) is 13.8 Å². The summed E-state index contributed by atoms with van der Waals surface area (Å²) >= 11 is 0. The number of nitrogens with one attached hydrogen (secondary N) is 1. The van der Waals surface area contributed by atoms with E-state index in [1.165, 1.54) is 0 Å². The largest absolute Gasteiger partial charge is 3.00 e. The molecule has 104 valence electrons. The SMILES string of the molecule is N=C(N)N.O.O.O.O.O.O.O=S(=O)([O-])[O-].[Al+3]. The molecule has 0 spiro atoms. The van der Waals surface area contributed by atoms with Crippen molar-refractivity contribution in [2.24, 2.45) is 11.5 Å². The summed E-state index contributed by atoms with van der Waals surface area (Å²) in [5.41, 5.74) is 8.94. The molecule has 0 saturated carbocycles. The predicted octanol–water partition coefficient (Wildman–Crippen LogP) is -7.83. The van der Waals surface area contributed by atoms with E-state index in [1.54, 1.807) is 0 Å². The number of hydrogen-bond donors (Lipinski definition) is 3. The number of rotatable bonds is 0. The van der Waals surface area contributed by atoms with Crippen molar-refractivity contribution in [3.05, 3.63) is 0 Å². The molecular weight excluding hydrogens is 273 g/mol. The first kappa shape index (κ1) is 77.7.